The average Bonchev–Trinajstić information content (AvgIpc) is 2.88. The highest BCUT2D eigenvalue weighted by molar-refractivity contribution is 9.08. The van der Waals surface area contributed by atoms with E-state index in [1.165, 1.54) is 5.56 Å². The molecule has 1 aromatic carbocycles. The van der Waals surface area contributed by atoms with E-state index < -0.39 is 0 Å². The molecule has 18 heavy (non-hydrogen) atoms. The average molecular weight is 308 g/mol. The van der Waals surface area contributed by atoms with Gasteiger partial charge in [0.25, 0.3) is 5.91 Å². The molecular formula is C14H14BrNO2. The lowest BCUT2D eigenvalue weighted by atomic mass is 10.2. The van der Waals surface area contributed by atoms with Crippen LogP contribution < -0.4 is 5.32 Å². The van der Waals surface area contributed by atoms with Gasteiger partial charge in [-0.15, -0.1) is 0 Å². The molecule has 3 nitrogen and oxygen atoms in total. The molecule has 1 heterocycles. The highest BCUT2D eigenvalue weighted by Crippen LogP contribution is 2.16. The summed E-state index contributed by atoms with van der Waals surface area (Å²) in [7, 11) is 0. The number of hydrogen-bond acceptors (Lipinski definition) is 2. The van der Waals surface area contributed by atoms with Crippen LogP contribution in [0.5, 0.6) is 0 Å². The number of halogens is 1. The Morgan fingerprint density at radius 2 is 2.00 bits per heavy atom. The minimum absolute atomic E-state index is 0.132. The summed E-state index contributed by atoms with van der Waals surface area (Å²) < 4.78 is 5.24. The molecule has 0 fully saturated rings. The lowest BCUT2D eigenvalue weighted by molar-refractivity contribution is 0.102. The van der Waals surface area contributed by atoms with Gasteiger partial charge in [-0.2, -0.15) is 0 Å². The third-order valence-electron chi connectivity index (χ3n) is 2.68. The van der Waals surface area contributed by atoms with Gasteiger partial charge in [-0.05, 0) is 23.8 Å². The Morgan fingerprint density at radius 3 is 2.61 bits per heavy atom. The summed E-state index contributed by atoms with van der Waals surface area (Å²) in [5, 5.41) is 3.66. The van der Waals surface area contributed by atoms with Gasteiger partial charge < -0.3 is 9.73 Å². The minimum Gasteiger partial charge on any atom is -0.469 e. The highest BCUT2D eigenvalue weighted by Gasteiger charge is 2.13. The fraction of sp³-hybridized carbons (Fsp3) is 0.214. The van der Waals surface area contributed by atoms with Crippen molar-refractivity contribution >= 4 is 27.5 Å². The molecule has 0 aliphatic carbocycles. The number of carbonyl (C=O) groups excluding carboxylic acids is 1. The van der Waals surface area contributed by atoms with Crippen molar-refractivity contribution in [1.29, 1.82) is 0 Å². The molecule has 2 aromatic rings. The van der Waals surface area contributed by atoms with E-state index in [1.807, 2.05) is 31.2 Å². The van der Waals surface area contributed by atoms with Crippen LogP contribution in [0.15, 0.2) is 41.0 Å². The summed E-state index contributed by atoms with van der Waals surface area (Å²) in [6, 6.07) is 9.42. The number of carbonyl (C=O) groups is 1. The summed E-state index contributed by atoms with van der Waals surface area (Å²) >= 11 is 3.38. The summed E-state index contributed by atoms with van der Waals surface area (Å²) in [5.41, 5.74) is 2.56. The van der Waals surface area contributed by atoms with E-state index in [2.05, 4.69) is 21.2 Å². The number of amides is 1. The second-order valence-corrected chi connectivity index (χ2v) is 4.46. The monoisotopic (exact) mass is 307 g/mol. The van der Waals surface area contributed by atoms with Crippen LogP contribution in [0.3, 0.4) is 0 Å². The molecular weight excluding hydrogens is 294 g/mol. The number of anilines is 1. The first-order chi connectivity index (χ1) is 8.74. The van der Waals surface area contributed by atoms with E-state index in [0.717, 1.165) is 11.0 Å². The zero-order valence-electron chi connectivity index (χ0n) is 10.1. The molecule has 94 valence electrons. The van der Waals surface area contributed by atoms with E-state index in [9.17, 15) is 4.79 Å². The molecule has 0 radical (unpaired) electrons. The lowest BCUT2D eigenvalue weighted by Crippen LogP contribution is -2.12. The maximum Gasteiger partial charge on any atom is 0.259 e. The molecule has 4 heteroatoms. The van der Waals surface area contributed by atoms with Gasteiger partial charge in [-0.3, -0.25) is 4.79 Å². The first kappa shape index (κ1) is 12.9. The topological polar surface area (TPSA) is 42.2 Å². The number of aryl methyl sites for hydroxylation is 1. The largest absolute Gasteiger partial charge is 0.469 e. The lowest BCUT2D eigenvalue weighted by Gasteiger charge is -2.05. The molecule has 1 amide bonds. The Morgan fingerprint density at radius 1 is 1.28 bits per heavy atom. The van der Waals surface area contributed by atoms with Gasteiger partial charge in [-0.1, -0.05) is 35.0 Å². The van der Waals surface area contributed by atoms with Crippen LogP contribution in [-0.2, 0) is 11.8 Å². The van der Waals surface area contributed by atoms with Gasteiger partial charge in [-0.25, -0.2) is 0 Å². The first-order valence-corrected chi connectivity index (χ1v) is 6.89. The van der Waals surface area contributed by atoms with Crippen LogP contribution in [-0.4, -0.2) is 5.91 Å². The molecule has 2 rings (SSSR count). The SMILES string of the molecule is CCc1occc1C(=O)Nc1ccc(CBr)cc1. The minimum atomic E-state index is -0.132. The molecule has 1 aromatic heterocycles. The van der Waals surface area contributed by atoms with Gasteiger partial charge in [0, 0.05) is 17.4 Å². The van der Waals surface area contributed by atoms with E-state index in [0.29, 0.717) is 17.7 Å². The van der Waals surface area contributed by atoms with E-state index in [4.69, 9.17) is 4.42 Å². The van der Waals surface area contributed by atoms with E-state index >= 15 is 0 Å². The van der Waals surface area contributed by atoms with Crippen molar-refractivity contribution in [3.63, 3.8) is 0 Å². The van der Waals surface area contributed by atoms with Gasteiger partial charge in [0.2, 0.25) is 0 Å². The number of furan rings is 1. The molecule has 0 saturated carbocycles. The van der Waals surface area contributed by atoms with Crippen molar-refractivity contribution in [3.8, 4) is 0 Å². The molecule has 1 N–H and O–H groups in total. The zero-order valence-corrected chi connectivity index (χ0v) is 11.7. The summed E-state index contributed by atoms with van der Waals surface area (Å²) in [4.78, 5) is 12.0. The fourth-order valence-electron chi connectivity index (χ4n) is 1.69. The second kappa shape index (κ2) is 5.87. The van der Waals surface area contributed by atoms with E-state index in [-0.39, 0.29) is 5.91 Å². The zero-order chi connectivity index (χ0) is 13.0. The normalized spacial score (nSPS) is 10.3. The van der Waals surface area contributed by atoms with Gasteiger partial charge in [0.1, 0.15) is 5.76 Å². The van der Waals surface area contributed by atoms with Crippen molar-refractivity contribution in [2.75, 3.05) is 5.32 Å². The number of hydrogen-bond donors (Lipinski definition) is 1. The predicted molar refractivity (Wildman–Crippen MR) is 75.1 cm³/mol. The fourth-order valence-corrected chi connectivity index (χ4v) is 2.07. The molecule has 0 aliphatic rings. The predicted octanol–water partition coefficient (Wildman–Crippen LogP) is 3.99. The molecule has 0 atom stereocenters. The standard InChI is InChI=1S/C14H14BrNO2/c1-2-13-12(7-8-18-13)14(17)16-11-5-3-10(9-15)4-6-11/h3-8H,2,9H2,1H3,(H,16,17). The van der Waals surface area contributed by atoms with E-state index in [1.54, 1.807) is 12.3 Å². The molecule has 0 bridgehead atoms. The Kier molecular flexibility index (Phi) is 4.20. The third-order valence-corrected chi connectivity index (χ3v) is 3.32. The van der Waals surface area contributed by atoms with Crippen LogP contribution in [0.1, 0.15) is 28.6 Å². The Balaban J connectivity index is 2.11. The van der Waals surface area contributed by atoms with Gasteiger partial charge >= 0.3 is 0 Å². The second-order valence-electron chi connectivity index (χ2n) is 3.90. The van der Waals surface area contributed by atoms with Crippen LogP contribution in [0.4, 0.5) is 5.69 Å². The highest BCUT2D eigenvalue weighted by atomic mass is 79.9. The van der Waals surface area contributed by atoms with Gasteiger partial charge in [0.15, 0.2) is 0 Å². The number of rotatable bonds is 4. The van der Waals surface area contributed by atoms with Crippen molar-refractivity contribution < 1.29 is 9.21 Å². The summed E-state index contributed by atoms with van der Waals surface area (Å²) in [6.45, 7) is 1.96. The number of nitrogens with one attached hydrogen (secondary N) is 1. The van der Waals surface area contributed by atoms with Crippen LogP contribution in [0.2, 0.25) is 0 Å². The molecule has 0 unspecified atom stereocenters. The Bertz CT molecular complexity index is 531. The van der Waals surface area contributed by atoms with Crippen LogP contribution in [0, 0.1) is 0 Å². The maximum atomic E-state index is 12.0. The molecule has 0 aliphatic heterocycles. The summed E-state index contributed by atoms with van der Waals surface area (Å²) in [5.74, 6) is 0.580. The first-order valence-electron chi connectivity index (χ1n) is 5.77. The number of benzene rings is 1. The van der Waals surface area contributed by atoms with Crippen LogP contribution >= 0.6 is 15.9 Å². The Hall–Kier alpha value is -1.55. The third kappa shape index (κ3) is 2.82. The van der Waals surface area contributed by atoms with Gasteiger partial charge in [0.05, 0.1) is 11.8 Å². The van der Waals surface area contributed by atoms with Crippen LogP contribution in [0.25, 0.3) is 0 Å². The van der Waals surface area contributed by atoms with Crippen molar-refractivity contribution in [3.05, 3.63) is 53.5 Å². The Labute approximate surface area is 114 Å². The molecule has 0 saturated heterocycles. The summed E-state index contributed by atoms with van der Waals surface area (Å²) in [6.07, 6.45) is 2.25. The quantitative estimate of drug-likeness (QED) is 0.868. The van der Waals surface area contributed by atoms with Crippen molar-refractivity contribution in [1.82, 2.24) is 0 Å². The van der Waals surface area contributed by atoms with Crippen molar-refractivity contribution in [2.24, 2.45) is 0 Å². The maximum absolute atomic E-state index is 12.0. The van der Waals surface area contributed by atoms with Crippen molar-refractivity contribution in [2.45, 2.75) is 18.7 Å². The molecule has 0 spiro atoms. The number of alkyl halides is 1. The smallest absolute Gasteiger partial charge is 0.259 e.